The number of hydrogen-bond donors (Lipinski definition) is 2. The molecule has 2 heterocycles. The fraction of sp³-hybridized carbons (Fsp3) is 0.613. The summed E-state index contributed by atoms with van der Waals surface area (Å²) in [5.74, 6) is -1.17. The number of para-hydroxylation sites is 1. The van der Waals surface area contributed by atoms with Gasteiger partial charge in [0.25, 0.3) is 0 Å². The summed E-state index contributed by atoms with van der Waals surface area (Å²) in [6, 6.07) is 7.09. The van der Waals surface area contributed by atoms with Crippen LogP contribution in [0.1, 0.15) is 96.3 Å². The molecule has 1 aliphatic rings. The van der Waals surface area contributed by atoms with Gasteiger partial charge in [-0.05, 0) is 57.6 Å². The number of aromatic nitrogens is 1. The van der Waals surface area contributed by atoms with E-state index in [2.05, 4.69) is 31.4 Å². The lowest BCUT2D eigenvalue weighted by Crippen LogP contribution is -2.51. The maximum Gasteiger partial charge on any atom is 0.242 e. The van der Waals surface area contributed by atoms with Crippen molar-refractivity contribution >= 4 is 34.5 Å². The van der Waals surface area contributed by atoms with Crippen molar-refractivity contribution in [2.75, 3.05) is 6.54 Å². The minimum atomic E-state index is -0.817. The number of hydrogen-bond acceptors (Lipinski definition) is 4. The Kier molecular flexibility index (Phi) is 11.1. The molecule has 0 radical (unpaired) electrons. The highest BCUT2D eigenvalue weighted by Gasteiger charge is 2.33. The molecule has 0 aliphatic carbocycles. The van der Waals surface area contributed by atoms with Crippen molar-refractivity contribution in [2.24, 2.45) is 5.92 Å². The summed E-state index contributed by atoms with van der Waals surface area (Å²) in [6.45, 7) is 10.2. The van der Waals surface area contributed by atoms with E-state index in [9.17, 15) is 19.2 Å². The van der Waals surface area contributed by atoms with Gasteiger partial charge in [-0.2, -0.15) is 0 Å². The SMILES string of the molecule is CCCCCNC(=O)[C@@H](Cc1cn(C(C)=O)c2ccccc12)NC(=O)[C@H](CC)CC(=O)N1[C@H](C)CCC[C@@H]1C. The van der Waals surface area contributed by atoms with E-state index in [0.29, 0.717) is 13.0 Å². The van der Waals surface area contributed by atoms with Crippen molar-refractivity contribution in [3.63, 3.8) is 0 Å². The Hall–Kier alpha value is -3.16. The zero-order chi connectivity index (χ0) is 28.5. The number of rotatable bonds is 12. The van der Waals surface area contributed by atoms with E-state index in [4.69, 9.17) is 0 Å². The van der Waals surface area contributed by atoms with E-state index in [1.807, 2.05) is 36.1 Å². The number of carbonyl (C=O) groups excluding carboxylic acids is 4. The van der Waals surface area contributed by atoms with Crippen LogP contribution in [0.25, 0.3) is 10.9 Å². The normalized spacial score (nSPS) is 18.9. The predicted octanol–water partition coefficient (Wildman–Crippen LogP) is 4.84. The molecule has 3 rings (SSSR count). The molecule has 0 spiro atoms. The number of nitrogens with zero attached hydrogens (tertiary/aromatic N) is 2. The fourth-order valence-corrected chi connectivity index (χ4v) is 5.75. The molecule has 0 unspecified atom stereocenters. The number of benzene rings is 1. The van der Waals surface area contributed by atoms with Gasteiger partial charge in [0.1, 0.15) is 6.04 Å². The van der Waals surface area contributed by atoms with Crippen LogP contribution in [0, 0.1) is 5.92 Å². The maximum absolute atomic E-state index is 13.5. The van der Waals surface area contributed by atoms with Gasteiger partial charge in [0, 0.05) is 55.9 Å². The molecule has 2 aromatic rings. The molecule has 1 aliphatic heterocycles. The van der Waals surface area contributed by atoms with Crippen molar-refractivity contribution in [3.05, 3.63) is 36.0 Å². The Morgan fingerprint density at radius 3 is 2.33 bits per heavy atom. The first kappa shape index (κ1) is 30.4. The zero-order valence-electron chi connectivity index (χ0n) is 24.3. The van der Waals surface area contributed by atoms with Gasteiger partial charge in [0.05, 0.1) is 5.52 Å². The monoisotopic (exact) mass is 538 g/mol. The highest BCUT2D eigenvalue weighted by molar-refractivity contribution is 5.95. The molecule has 39 heavy (non-hydrogen) atoms. The summed E-state index contributed by atoms with van der Waals surface area (Å²) in [6.07, 6.45) is 8.63. The number of likely N-dealkylation sites (tertiary alicyclic amines) is 1. The first-order valence-corrected chi connectivity index (χ1v) is 14.7. The second-order valence-corrected chi connectivity index (χ2v) is 11.1. The topological polar surface area (TPSA) is 101 Å². The summed E-state index contributed by atoms with van der Waals surface area (Å²) < 4.78 is 1.58. The van der Waals surface area contributed by atoms with Crippen molar-refractivity contribution in [2.45, 2.75) is 111 Å². The van der Waals surface area contributed by atoms with Gasteiger partial charge in [-0.3, -0.25) is 23.7 Å². The molecule has 3 amide bonds. The van der Waals surface area contributed by atoms with Crippen LogP contribution in [0.3, 0.4) is 0 Å². The average Bonchev–Trinajstić information content (AvgIpc) is 3.27. The van der Waals surface area contributed by atoms with Crippen LogP contribution in [-0.2, 0) is 20.8 Å². The van der Waals surface area contributed by atoms with Crippen LogP contribution in [0.2, 0.25) is 0 Å². The fourth-order valence-electron chi connectivity index (χ4n) is 5.75. The predicted molar refractivity (Wildman–Crippen MR) is 154 cm³/mol. The summed E-state index contributed by atoms with van der Waals surface area (Å²) in [5, 5.41) is 6.83. The molecule has 1 fully saturated rings. The van der Waals surface area contributed by atoms with Crippen LogP contribution < -0.4 is 10.6 Å². The van der Waals surface area contributed by atoms with E-state index in [-0.39, 0.29) is 48.6 Å². The standard InChI is InChI=1S/C31H46N4O4/c1-6-8-11-17-32-31(39)27(18-25-20-34(23(5)36)28-16-10-9-15-26(25)28)33-30(38)24(7-2)19-29(37)35-21(3)13-12-14-22(35)4/h9-10,15-16,20-22,24,27H,6-8,11-14,17-19H2,1-5H3,(H,32,39)(H,33,38)/t21-,22+,24-,27-/m1/s1. The van der Waals surface area contributed by atoms with Gasteiger partial charge in [0.2, 0.25) is 23.6 Å². The van der Waals surface area contributed by atoms with Gasteiger partial charge in [-0.1, -0.05) is 44.9 Å². The van der Waals surface area contributed by atoms with Crippen LogP contribution in [0.15, 0.2) is 30.5 Å². The third-order valence-electron chi connectivity index (χ3n) is 8.04. The molecule has 214 valence electrons. The number of carbonyl (C=O) groups is 4. The molecule has 8 heteroatoms. The Morgan fingerprint density at radius 2 is 1.69 bits per heavy atom. The van der Waals surface area contributed by atoms with Crippen LogP contribution in [0.4, 0.5) is 0 Å². The third-order valence-corrected chi connectivity index (χ3v) is 8.04. The second-order valence-electron chi connectivity index (χ2n) is 11.1. The zero-order valence-corrected chi connectivity index (χ0v) is 24.3. The van der Waals surface area contributed by atoms with Crippen molar-refractivity contribution in [3.8, 4) is 0 Å². The molecule has 2 N–H and O–H groups in total. The number of unbranched alkanes of at least 4 members (excludes halogenated alkanes) is 2. The van der Waals surface area contributed by atoms with E-state index in [0.717, 1.165) is 55.0 Å². The molecule has 1 aromatic heterocycles. The lowest BCUT2D eigenvalue weighted by molar-refractivity contribution is -0.141. The van der Waals surface area contributed by atoms with E-state index in [1.165, 1.54) is 6.92 Å². The average molecular weight is 539 g/mol. The molecule has 4 atom stereocenters. The van der Waals surface area contributed by atoms with Gasteiger partial charge in [-0.25, -0.2) is 0 Å². The van der Waals surface area contributed by atoms with E-state index in [1.54, 1.807) is 10.8 Å². The van der Waals surface area contributed by atoms with E-state index >= 15 is 0 Å². The Labute approximate surface area is 232 Å². The third kappa shape index (κ3) is 7.70. The number of piperidine rings is 1. The molecule has 1 saturated heterocycles. The largest absolute Gasteiger partial charge is 0.354 e. The van der Waals surface area contributed by atoms with Gasteiger partial charge >= 0.3 is 0 Å². The van der Waals surface area contributed by atoms with Crippen molar-refractivity contribution < 1.29 is 19.2 Å². The maximum atomic E-state index is 13.5. The number of nitrogens with one attached hydrogen (secondary N) is 2. The van der Waals surface area contributed by atoms with Gasteiger partial charge in [-0.15, -0.1) is 0 Å². The molecule has 8 nitrogen and oxygen atoms in total. The lowest BCUT2D eigenvalue weighted by Gasteiger charge is -2.39. The summed E-state index contributed by atoms with van der Waals surface area (Å²) >= 11 is 0. The van der Waals surface area contributed by atoms with Crippen LogP contribution in [0.5, 0.6) is 0 Å². The Balaban J connectivity index is 1.80. The molecule has 1 aromatic carbocycles. The highest BCUT2D eigenvalue weighted by atomic mass is 16.2. The van der Waals surface area contributed by atoms with Gasteiger partial charge < -0.3 is 15.5 Å². The van der Waals surface area contributed by atoms with Gasteiger partial charge in [0.15, 0.2) is 0 Å². The molecular weight excluding hydrogens is 492 g/mol. The minimum Gasteiger partial charge on any atom is -0.354 e. The molecule has 0 bridgehead atoms. The first-order valence-electron chi connectivity index (χ1n) is 14.7. The smallest absolute Gasteiger partial charge is 0.242 e. The van der Waals surface area contributed by atoms with E-state index < -0.39 is 12.0 Å². The number of fused-ring (bicyclic) bond motifs is 1. The summed E-state index contributed by atoms with van der Waals surface area (Å²) in [7, 11) is 0. The highest BCUT2D eigenvalue weighted by Crippen LogP contribution is 2.26. The minimum absolute atomic E-state index is 0.00166. The first-order chi connectivity index (χ1) is 18.7. The Morgan fingerprint density at radius 1 is 1.00 bits per heavy atom. The van der Waals surface area contributed by atoms with Crippen LogP contribution in [-0.4, -0.2) is 57.8 Å². The second kappa shape index (κ2) is 14.3. The summed E-state index contributed by atoms with van der Waals surface area (Å²) in [4.78, 5) is 54.3. The molecular formula is C31H46N4O4. The Bertz CT molecular complexity index is 1150. The van der Waals surface area contributed by atoms with Crippen molar-refractivity contribution in [1.82, 2.24) is 20.1 Å². The summed E-state index contributed by atoms with van der Waals surface area (Å²) in [5.41, 5.74) is 1.59. The molecule has 0 saturated carbocycles. The number of amides is 3. The quantitative estimate of drug-likeness (QED) is 0.378. The lowest BCUT2D eigenvalue weighted by atomic mass is 9.94. The van der Waals surface area contributed by atoms with Crippen molar-refractivity contribution in [1.29, 1.82) is 0 Å². The van der Waals surface area contributed by atoms with Crippen LogP contribution >= 0.6 is 0 Å².